The van der Waals surface area contributed by atoms with Gasteiger partial charge in [0.05, 0.1) is 0 Å². The third-order valence-corrected chi connectivity index (χ3v) is 2.51. The van der Waals surface area contributed by atoms with Gasteiger partial charge in [0.2, 0.25) is 0 Å². The highest BCUT2D eigenvalue weighted by molar-refractivity contribution is 5.85. The zero-order valence-electron chi connectivity index (χ0n) is 8.47. The van der Waals surface area contributed by atoms with Gasteiger partial charge >= 0.3 is 5.97 Å². The molecule has 5 N–H and O–H groups in total. The number of aromatic hydroxyl groups is 1. The number of aliphatic carboxylic acids is 1. The highest BCUT2D eigenvalue weighted by Gasteiger charge is 2.14. The first kappa shape index (κ1) is 10.5. The fourth-order valence-electron chi connectivity index (χ4n) is 1.66. The lowest BCUT2D eigenvalue weighted by molar-refractivity contribution is -0.138. The van der Waals surface area contributed by atoms with E-state index < -0.39 is 12.0 Å². The summed E-state index contributed by atoms with van der Waals surface area (Å²) in [6.45, 7) is 0. The predicted molar refractivity (Wildman–Crippen MR) is 59.3 cm³/mol. The van der Waals surface area contributed by atoms with E-state index in [1.165, 1.54) is 0 Å². The number of carboxylic acid groups (broad SMARTS) is 1. The van der Waals surface area contributed by atoms with Crippen LogP contribution in [0.15, 0.2) is 24.4 Å². The largest absolute Gasteiger partial charge is 0.508 e. The summed E-state index contributed by atoms with van der Waals surface area (Å²) in [7, 11) is 0. The zero-order valence-corrected chi connectivity index (χ0v) is 8.47. The average Bonchev–Trinajstić information content (AvgIpc) is 2.61. The Hall–Kier alpha value is -2.01. The first-order valence-electron chi connectivity index (χ1n) is 4.85. The number of nitrogens with two attached hydrogens (primary N) is 1. The number of H-pyrrole nitrogens is 1. The van der Waals surface area contributed by atoms with Crippen LogP contribution >= 0.6 is 0 Å². The number of phenolic OH excluding ortho intramolecular Hbond substituents is 1. The van der Waals surface area contributed by atoms with Gasteiger partial charge in [-0.15, -0.1) is 0 Å². The average molecular weight is 219 g/mol. The highest BCUT2D eigenvalue weighted by Crippen LogP contribution is 2.23. The summed E-state index contributed by atoms with van der Waals surface area (Å²) in [5.41, 5.74) is 7.11. The molecule has 1 atom stereocenters. The van der Waals surface area contributed by atoms with Crippen molar-refractivity contribution in [1.29, 1.82) is 0 Å². The van der Waals surface area contributed by atoms with Crippen molar-refractivity contribution in [3.63, 3.8) is 0 Å². The van der Waals surface area contributed by atoms with E-state index in [0.29, 0.717) is 0 Å². The Labute approximate surface area is 91.5 Å². The van der Waals surface area contributed by atoms with Gasteiger partial charge < -0.3 is 20.9 Å². The zero-order chi connectivity index (χ0) is 11.7. The van der Waals surface area contributed by atoms with Crippen molar-refractivity contribution in [2.45, 2.75) is 12.5 Å². The topological polar surface area (TPSA) is 99.3 Å². The SMILES string of the molecule is NC([11CH2]c1c[nH]c2ccc(O)cc12)C(=O)O. The van der Waals surface area contributed by atoms with Gasteiger partial charge in [-0.1, -0.05) is 0 Å². The van der Waals surface area contributed by atoms with Crippen LogP contribution in [0.5, 0.6) is 5.75 Å². The van der Waals surface area contributed by atoms with Crippen LogP contribution < -0.4 is 5.73 Å². The molecule has 1 aromatic heterocycles. The normalized spacial score (nSPS) is 12.8. The van der Waals surface area contributed by atoms with Crippen LogP contribution in [0.25, 0.3) is 10.9 Å². The number of hydrogen-bond donors (Lipinski definition) is 4. The molecule has 0 saturated heterocycles. The summed E-state index contributed by atoms with van der Waals surface area (Å²) in [4.78, 5) is 13.6. The van der Waals surface area contributed by atoms with Crippen molar-refractivity contribution in [3.8, 4) is 5.75 Å². The number of rotatable bonds is 3. The first-order chi connectivity index (χ1) is 7.58. The molecule has 16 heavy (non-hydrogen) atoms. The van der Waals surface area contributed by atoms with Crippen LogP contribution in [0.2, 0.25) is 0 Å². The van der Waals surface area contributed by atoms with Gasteiger partial charge in [-0.3, -0.25) is 4.79 Å². The number of nitrogens with one attached hydrogen (secondary N) is 1. The lowest BCUT2D eigenvalue weighted by atomic mass is 9.73. The Morgan fingerprint density at radius 3 is 2.94 bits per heavy atom. The third-order valence-electron chi connectivity index (χ3n) is 2.51. The summed E-state index contributed by atoms with van der Waals surface area (Å²) in [6, 6.07) is 3.97. The summed E-state index contributed by atoms with van der Waals surface area (Å²) in [6.07, 6.45) is 1.95. The third kappa shape index (κ3) is 1.85. The fourth-order valence-corrected chi connectivity index (χ4v) is 1.66. The van der Waals surface area contributed by atoms with Crippen LogP contribution in [-0.4, -0.2) is 27.2 Å². The number of benzene rings is 1. The molecular weight excluding hydrogens is 207 g/mol. The Bertz CT molecular complexity index is 533. The monoisotopic (exact) mass is 219 g/mol. The molecule has 0 fully saturated rings. The van der Waals surface area contributed by atoms with Gasteiger partial charge in [-0.2, -0.15) is 0 Å². The van der Waals surface area contributed by atoms with E-state index in [2.05, 4.69) is 4.98 Å². The second-order valence-electron chi connectivity index (χ2n) is 3.69. The van der Waals surface area contributed by atoms with E-state index in [1.54, 1.807) is 24.4 Å². The smallest absolute Gasteiger partial charge is 0.320 e. The molecule has 0 aliphatic rings. The molecule has 0 amide bonds. The van der Waals surface area contributed by atoms with Crippen molar-refractivity contribution >= 4 is 16.9 Å². The van der Waals surface area contributed by atoms with Crippen molar-refractivity contribution in [3.05, 3.63) is 30.0 Å². The van der Waals surface area contributed by atoms with Gasteiger partial charge in [0, 0.05) is 23.5 Å². The fraction of sp³-hybridized carbons (Fsp3) is 0.182. The second-order valence-corrected chi connectivity index (χ2v) is 3.69. The molecule has 5 nitrogen and oxygen atoms in total. The number of carboxylic acids is 1. The quantitative estimate of drug-likeness (QED) is 0.614. The number of aromatic nitrogens is 1. The minimum absolute atomic E-state index is 0.150. The molecule has 1 aromatic carbocycles. The maximum absolute atomic E-state index is 10.6. The van der Waals surface area contributed by atoms with Crippen molar-refractivity contribution in [2.24, 2.45) is 5.73 Å². The molecule has 0 spiro atoms. The van der Waals surface area contributed by atoms with Crippen molar-refractivity contribution in [2.75, 3.05) is 0 Å². The van der Waals surface area contributed by atoms with E-state index in [0.717, 1.165) is 16.5 Å². The van der Waals surface area contributed by atoms with Crippen molar-refractivity contribution < 1.29 is 15.0 Å². The summed E-state index contributed by atoms with van der Waals surface area (Å²) >= 11 is 0. The Morgan fingerprint density at radius 2 is 2.25 bits per heavy atom. The molecule has 84 valence electrons. The van der Waals surface area contributed by atoms with E-state index in [9.17, 15) is 9.90 Å². The number of fused-ring (bicyclic) bond motifs is 1. The van der Waals surface area contributed by atoms with E-state index in [4.69, 9.17) is 10.8 Å². The predicted octanol–water partition coefficient (Wildman–Crippen LogP) is 0.828. The van der Waals surface area contributed by atoms with E-state index in [1.807, 2.05) is 0 Å². The Balaban J connectivity index is 2.37. The Morgan fingerprint density at radius 1 is 1.50 bits per heavy atom. The van der Waals surface area contributed by atoms with Crippen molar-refractivity contribution in [1.82, 2.24) is 4.98 Å². The molecule has 0 bridgehead atoms. The van der Waals surface area contributed by atoms with Gasteiger partial charge in [-0.25, -0.2) is 0 Å². The first-order valence-corrected chi connectivity index (χ1v) is 4.85. The summed E-state index contributed by atoms with van der Waals surface area (Å²) < 4.78 is 0. The van der Waals surface area contributed by atoms with Crippen LogP contribution in [0.1, 0.15) is 5.56 Å². The molecule has 0 aliphatic heterocycles. The lowest BCUT2D eigenvalue weighted by Gasteiger charge is -2.04. The Kier molecular flexibility index (Phi) is 2.54. The molecule has 1 unspecified atom stereocenters. The van der Waals surface area contributed by atoms with Gasteiger partial charge in [0.1, 0.15) is 11.8 Å². The molecule has 1 heterocycles. The second kappa shape index (κ2) is 3.86. The number of carbonyl (C=O) groups is 1. The van der Waals surface area contributed by atoms with E-state index in [-0.39, 0.29) is 12.2 Å². The van der Waals surface area contributed by atoms with Crippen LogP contribution in [0.4, 0.5) is 0 Å². The van der Waals surface area contributed by atoms with E-state index >= 15 is 0 Å². The standard InChI is InChI=1S/C11H12N2O3/c12-9(11(15)16)3-6-5-13-10-2-1-7(14)4-8(6)10/h1-2,4-5,9,13-14H,3,12H2,(H,15,16)/i3-1. The van der Waals surface area contributed by atoms with Gasteiger partial charge in [0.25, 0.3) is 0 Å². The maximum Gasteiger partial charge on any atom is 0.320 e. The molecule has 0 aliphatic carbocycles. The minimum Gasteiger partial charge on any atom is -0.508 e. The highest BCUT2D eigenvalue weighted by atomic mass is 16.4. The molecular formula is C11H12N2O3. The molecule has 5 heteroatoms. The number of phenols is 1. The molecule has 2 aromatic rings. The molecule has 2 rings (SSSR count). The summed E-state index contributed by atoms with van der Waals surface area (Å²) in [5.74, 6) is -0.883. The number of aromatic amines is 1. The van der Waals surface area contributed by atoms with Gasteiger partial charge in [-0.05, 0) is 23.8 Å². The van der Waals surface area contributed by atoms with Crippen LogP contribution in [0, 0.1) is 0 Å². The van der Waals surface area contributed by atoms with Gasteiger partial charge in [0.15, 0.2) is 0 Å². The maximum atomic E-state index is 10.6. The summed E-state index contributed by atoms with van der Waals surface area (Å²) in [5, 5.41) is 18.9. The van der Waals surface area contributed by atoms with Crippen LogP contribution in [-0.2, 0) is 11.2 Å². The lowest BCUT2D eigenvalue weighted by Crippen LogP contribution is -2.32. The molecule has 0 radical (unpaired) electrons. The van der Waals surface area contributed by atoms with Crippen LogP contribution in [0.3, 0.4) is 0 Å². The number of hydrogen-bond acceptors (Lipinski definition) is 3. The minimum atomic E-state index is -1.03. The molecule has 0 saturated carbocycles.